The fourth-order valence-corrected chi connectivity index (χ4v) is 4.04. The molecule has 102 valence electrons. The van der Waals surface area contributed by atoms with Crippen LogP contribution in [0.4, 0.5) is 0 Å². The number of nitrogens with zero attached hydrogens (tertiary/aromatic N) is 1. The Bertz CT molecular complexity index is 455. The molecular formula is C9H20N2O4S2. The number of sulfonamides is 2. The predicted octanol–water partition coefficient (Wildman–Crippen LogP) is -0.262. The Balaban J connectivity index is 2.74. The van der Waals surface area contributed by atoms with Gasteiger partial charge >= 0.3 is 0 Å². The van der Waals surface area contributed by atoms with Crippen molar-refractivity contribution in [1.29, 1.82) is 0 Å². The van der Waals surface area contributed by atoms with Gasteiger partial charge in [0.25, 0.3) is 0 Å². The van der Waals surface area contributed by atoms with E-state index in [0.29, 0.717) is 19.4 Å². The van der Waals surface area contributed by atoms with Gasteiger partial charge in [-0.2, -0.15) is 0 Å². The Morgan fingerprint density at radius 2 is 1.82 bits per heavy atom. The van der Waals surface area contributed by atoms with Gasteiger partial charge in [0.15, 0.2) is 0 Å². The van der Waals surface area contributed by atoms with Crippen LogP contribution in [0.5, 0.6) is 0 Å². The minimum absolute atomic E-state index is 0.230. The van der Waals surface area contributed by atoms with Crippen LogP contribution in [0.15, 0.2) is 0 Å². The molecule has 0 amide bonds. The highest BCUT2D eigenvalue weighted by molar-refractivity contribution is 7.89. The van der Waals surface area contributed by atoms with Gasteiger partial charge in [-0.1, -0.05) is 0 Å². The number of nitrogens with one attached hydrogen (secondary N) is 1. The van der Waals surface area contributed by atoms with Crippen molar-refractivity contribution in [3.05, 3.63) is 0 Å². The first kappa shape index (κ1) is 14.9. The Kier molecular flexibility index (Phi) is 4.56. The fourth-order valence-electron chi connectivity index (χ4n) is 1.87. The van der Waals surface area contributed by atoms with Crippen molar-refractivity contribution in [3.8, 4) is 0 Å². The molecule has 1 atom stereocenters. The lowest BCUT2D eigenvalue weighted by molar-refractivity contribution is 0.301. The van der Waals surface area contributed by atoms with Crippen LogP contribution < -0.4 is 4.72 Å². The minimum atomic E-state index is -3.29. The summed E-state index contributed by atoms with van der Waals surface area (Å²) >= 11 is 0. The Hall–Kier alpha value is -0.180. The van der Waals surface area contributed by atoms with Crippen LogP contribution >= 0.6 is 0 Å². The lowest BCUT2D eigenvalue weighted by Crippen LogP contribution is -2.50. The van der Waals surface area contributed by atoms with Crippen molar-refractivity contribution >= 4 is 20.0 Å². The summed E-state index contributed by atoms with van der Waals surface area (Å²) in [6, 6.07) is -0.313. The van der Waals surface area contributed by atoms with Crippen molar-refractivity contribution in [2.45, 2.75) is 38.0 Å². The lowest BCUT2D eigenvalue weighted by atomic mass is 10.1. The van der Waals surface area contributed by atoms with Gasteiger partial charge in [0.05, 0.1) is 11.5 Å². The molecule has 1 saturated heterocycles. The van der Waals surface area contributed by atoms with E-state index in [-0.39, 0.29) is 12.6 Å². The topological polar surface area (TPSA) is 83.6 Å². The molecule has 1 fully saturated rings. The van der Waals surface area contributed by atoms with Crippen molar-refractivity contribution in [3.63, 3.8) is 0 Å². The van der Waals surface area contributed by atoms with E-state index >= 15 is 0 Å². The van der Waals surface area contributed by atoms with Crippen molar-refractivity contribution in [2.24, 2.45) is 0 Å². The van der Waals surface area contributed by atoms with Crippen LogP contribution in [-0.4, -0.2) is 51.8 Å². The van der Waals surface area contributed by atoms with Crippen LogP contribution in [-0.2, 0) is 20.0 Å². The second-order valence-corrected chi connectivity index (χ2v) is 8.95. The summed E-state index contributed by atoms with van der Waals surface area (Å²) in [7, 11) is -6.57. The fraction of sp³-hybridized carbons (Fsp3) is 1.00. The third kappa shape index (κ3) is 4.20. The maximum atomic E-state index is 11.9. The molecule has 1 heterocycles. The average molecular weight is 284 g/mol. The molecule has 1 aliphatic heterocycles. The molecule has 17 heavy (non-hydrogen) atoms. The van der Waals surface area contributed by atoms with Gasteiger partial charge in [-0.25, -0.2) is 25.9 Å². The smallest absolute Gasteiger partial charge is 0.213 e. The molecular weight excluding hydrogens is 264 g/mol. The summed E-state index contributed by atoms with van der Waals surface area (Å²) in [5.74, 6) is 0. The van der Waals surface area contributed by atoms with Crippen LogP contribution in [0.25, 0.3) is 0 Å². The molecule has 0 bridgehead atoms. The predicted molar refractivity (Wildman–Crippen MR) is 66.6 cm³/mol. The van der Waals surface area contributed by atoms with E-state index in [1.165, 1.54) is 4.31 Å². The third-order valence-corrected chi connectivity index (χ3v) is 5.72. The maximum Gasteiger partial charge on any atom is 0.216 e. The van der Waals surface area contributed by atoms with Crippen molar-refractivity contribution < 1.29 is 16.8 Å². The molecule has 0 spiro atoms. The lowest BCUT2D eigenvalue weighted by Gasteiger charge is -2.33. The highest BCUT2D eigenvalue weighted by atomic mass is 32.2. The molecule has 0 saturated carbocycles. The first-order valence-corrected chi connectivity index (χ1v) is 8.98. The SMILES string of the molecule is CC(C)S(=O)(=O)N1CCCC(NS(C)(=O)=O)C1. The van der Waals surface area contributed by atoms with E-state index < -0.39 is 25.3 Å². The molecule has 1 unspecified atom stereocenters. The van der Waals surface area contributed by atoms with E-state index in [1.807, 2.05) is 0 Å². The molecule has 1 aliphatic rings. The van der Waals surface area contributed by atoms with E-state index in [0.717, 1.165) is 6.26 Å². The highest BCUT2D eigenvalue weighted by Gasteiger charge is 2.31. The van der Waals surface area contributed by atoms with Crippen molar-refractivity contribution in [2.75, 3.05) is 19.3 Å². The zero-order valence-corrected chi connectivity index (χ0v) is 12.0. The molecule has 8 heteroatoms. The van der Waals surface area contributed by atoms with E-state index in [1.54, 1.807) is 13.8 Å². The minimum Gasteiger partial charge on any atom is -0.213 e. The summed E-state index contributed by atoms with van der Waals surface area (Å²) in [6.45, 7) is 3.96. The molecule has 0 radical (unpaired) electrons. The number of hydrogen-bond donors (Lipinski definition) is 1. The van der Waals surface area contributed by atoms with E-state index in [4.69, 9.17) is 0 Å². The molecule has 0 aromatic heterocycles. The Labute approximate surface area is 103 Å². The second kappa shape index (κ2) is 5.21. The number of hydrogen-bond acceptors (Lipinski definition) is 4. The number of rotatable bonds is 4. The van der Waals surface area contributed by atoms with E-state index in [9.17, 15) is 16.8 Å². The summed E-state index contributed by atoms with van der Waals surface area (Å²) in [6.07, 6.45) is 2.44. The first-order chi connectivity index (χ1) is 7.63. The summed E-state index contributed by atoms with van der Waals surface area (Å²) in [5.41, 5.74) is 0. The standard InChI is InChI=1S/C9H20N2O4S2/c1-8(2)17(14,15)11-6-4-5-9(7-11)10-16(3,12)13/h8-10H,4-7H2,1-3H3. The Morgan fingerprint density at radius 3 is 2.29 bits per heavy atom. The molecule has 0 aromatic rings. The summed E-state index contributed by atoms with van der Waals surface area (Å²) in [5, 5.41) is -0.473. The third-order valence-electron chi connectivity index (χ3n) is 2.72. The zero-order chi connectivity index (χ0) is 13.3. The van der Waals surface area contributed by atoms with Gasteiger partial charge in [0, 0.05) is 19.1 Å². The summed E-state index contributed by atoms with van der Waals surface area (Å²) < 4.78 is 50.0. The zero-order valence-electron chi connectivity index (χ0n) is 10.4. The van der Waals surface area contributed by atoms with Crippen LogP contribution in [0.2, 0.25) is 0 Å². The van der Waals surface area contributed by atoms with Gasteiger partial charge in [-0.05, 0) is 26.7 Å². The van der Waals surface area contributed by atoms with E-state index in [2.05, 4.69) is 4.72 Å². The second-order valence-electron chi connectivity index (χ2n) is 4.68. The van der Waals surface area contributed by atoms with Gasteiger partial charge < -0.3 is 0 Å². The average Bonchev–Trinajstić information content (AvgIpc) is 2.15. The summed E-state index contributed by atoms with van der Waals surface area (Å²) in [4.78, 5) is 0. The van der Waals surface area contributed by atoms with Gasteiger partial charge in [0.2, 0.25) is 20.0 Å². The first-order valence-electron chi connectivity index (χ1n) is 5.59. The highest BCUT2D eigenvalue weighted by Crippen LogP contribution is 2.17. The van der Waals surface area contributed by atoms with Crippen LogP contribution in [0.3, 0.4) is 0 Å². The molecule has 0 aromatic carbocycles. The van der Waals surface area contributed by atoms with Crippen molar-refractivity contribution in [1.82, 2.24) is 9.03 Å². The van der Waals surface area contributed by atoms with Crippen LogP contribution in [0, 0.1) is 0 Å². The number of piperidine rings is 1. The molecule has 1 rings (SSSR count). The maximum absolute atomic E-state index is 11.9. The monoisotopic (exact) mass is 284 g/mol. The Morgan fingerprint density at radius 1 is 1.24 bits per heavy atom. The normalized spacial score (nSPS) is 24.1. The molecule has 1 N–H and O–H groups in total. The van der Waals surface area contributed by atoms with Crippen LogP contribution in [0.1, 0.15) is 26.7 Å². The van der Waals surface area contributed by atoms with Gasteiger partial charge in [-0.3, -0.25) is 0 Å². The quantitative estimate of drug-likeness (QED) is 0.771. The molecule has 6 nitrogen and oxygen atoms in total. The van der Waals surface area contributed by atoms with Gasteiger partial charge in [-0.15, -0.1) is 0 Å². The van der Waals surface area contributed by atoms with Gasteiger partial charge in [0.1, 0.15) is 0 Å². The molecule has 0 aliphatic carbocycles. The largest absolute Gasteiger partial charge is 0.216 e.